The number of aromatic nitrogens is 2. The Morgan fingerprint density at radius 2 is 1.80 bits per heavy atom. The van der Waals surface area contributed by atoms with Gasteiger partial charge in [0.2, 0.25) is 5.82 Å². The fourth-order valence-electron chi connectivity index (χ4n) is 1.82. The van der Waals surface area contributed by atoms with Crippen LogP contribution in [0.25, 0.3) is 22.8 Å². The fraction of sp³-hybridized carbons (Fsp3) is 0. The van der Waals surface area contributed by atoms with Crippen molar-refractivity contribution in [2.45, 2.75) is 0 Å². The third-order valence-corrected chi connectivity index (χ3v) is 3.06. The van der Waals surface area contributed by atoms with Gasteiger partial charge in [-0.25, -0.2) is 0 Å². The van der Waals surface area contributed by atoms with Crippen LogP contribution in [0.3, 0.4) is 0 Å². The maximum absolute atomic E-state index is 9.08. The number of hydrogen-bond acceptors (Lipinski definition) is 4. The standard InChI is InChI=1S/C15H8ClN3O/c16-12-7-5-10(6-8-12)14-18-15(20-19-14)13-4-2-1-3-11(13)9-17/h1-8H. The highest BCUT2D eigenvalue weighted by Crippen LogP contribution is 2.25. The van der Waals surface area contributed by atoms with Gasteiger partial charge in [0, 0.05) is 10.6 Å². The molecule has 0 aliphatic rings. The number of nitrogens with zero attached hydrogens (tertiary/aromatic N) is 3. The molecule has 5 heteroatoms. The molecule has 0 aliphatic carbocycles. The van der Waals surface area contributed by atoms with E-state index >= 15 is 0 Å². The highest BCUT2D eigenvalue weighted by atomic mass is 35.5. The van der Waals surface area contributed by atoms with Crippen LogP contribution in [0.5, 0.6) is 0 Å². The predicted molar refractivity (Wildman–Crippen MR) is 74.9 cm³/mol. The summed E-state index contributed by atoms with van der Waals surface area (Å²) in [6.07, 6.45) is 0. The van der Waals surface area contributed by atoms with Gasteiger partial charge < -0.3 is 4.52 Å². The van der Waals surface area contributed by atoms with Gasteiger partial charge in [0.15, 0.2) is 0 Å². The van der Waals surface area contributed by atoms with Gasteiger partial charge in [-0.15, -0.1) is 0 Å². The zero-order valence-corrected chi connectivity index (χ0v) is 11.0. The smallest absolute Gasteiger partial charge is 0.259 e. The summed E-state index contributed by atoms with van der Waals surface area (Å²) in [6.45, 7) is 0. The van der Waals surface area contributed by atoms with E-state index in [1.54, 1.807) is 30.3 Å². The van der Waals surface area contributed by atoms with Gasteiger partial charge >= 0.3 is 0 Å². The highest BCUT2D eigenvalue weighted by Gasteiger charge is 2.13. The molecule has 0 atom stereocenters. The molecule has 1 aromatic heterocycles. The summed E-state index contributed by atoms with van der Waals surface area (Å²) in [5, 5.41) is 13.7. The van der Waals surface area contributed by atoms with E-state index < -0.39 is 0 Å². The molecule has 4 nitrogen and oxygen atoms in total. The molecule has 0 amide bonds. The minimum absolute atomic E-state index is 0.326. The van der Waals surface area contributed by atoms with Crippen LogP contribution in [0.1, 0.15) is 5.56 Å². The molecular weight excluding hydrogens is 274 g/mol. The van der Waals surface area contributed by atoms with E-state index in [0.29, 0.717) is 27.9 Å². The lowest BCUT2D eigenvalue weighted by atomic mass is 10.1. The second-order valence-corrected chi connectivity index (χ2v) is 4.52. The van der Waals surface area contributed by atoms with Crippen molar-refractivity contribution in [3.05, 3.63) is 59.1 Å². The molecular formula is C15H8ClN3O. The van der Waals surface area contributed by atoms with E-state index in [1.165, 1.54) is 0 Å². The normalized spacial score (nSPS) is 10.2. The second kappa shape index (κ2) is 5.16. The molecule has 0 aliphatic heterocycles. The van der Waals surface area contributed by atoms with Crippen LogP contribution in [0.15, 0.2) is 53.1 Å². The summed E-state index contributed by atoms with van der Waals surface area (Å²) in [7, 11) is 0. The monoisotopic (exact) mass is 281 g/mol. The maximum Gasteiger partial charge on any atom is 0.259 e. The Balaban J connectivity index is 2.02. The average molecular weight is 282 g/mol. The van der Waals surface area contributed by atoms with Crippen molar-refractivity contribution >= 4 is 11.6 Å². The first kappa shape index (κ1) is 12.4. The van der Waals surface area contributed by atoms with E-state index in [0.717, 1.165) is 5.56 Å². The van der Waals surface area contributed by atoms with Crippen molar-refractivity contribution in [2.24, 2.45) is 0 Å². The fourth-order valence-corrected chi connectivity index (χ4v) is 1.94. The van der Waals surface area contributed by atoms with Crippen molar-refractivity contribution in [1.82, 2.24) is 10.1 Å². The SMILES string of the molecule is N#Cc1ccccc1-c1nc(-c2ccc(Cl)cc2)no1. The molecule has 20 heavy (non-hydrogen) atoms. The number of hydrogen-bond donors (Lipinski definition) is 0. The second-order valence-electron chi connectivity index (χ2n) is 4.09. The number of nitriles is 1. The summed E-state index contributed by atoms with van der Waals surface area (Å²) >= 11 is 5.84. The number of benzene rings is 2. The molecule has 3 aromatic rings. The zero-order valence-electron chi connectivity index (χ0n) is 10.2. The van der Waals surface area contributed by atoms with Gasteiger partial charge in [0.05, 0.1) is 17.2 Å². The van der Waals surface area contributed by atoms with E-state index in [4.69, 9.17) is 21.4 Å². The molecule has 1 heterocycles. The van der Waals surface area contributed by atoms with Crippen LogP contribution in [-0.2, 0) is 0 Å². The van der Waals surface area contributed by atoms with Crippen molar-refractivity contribution in [3.8, 4) is 28.9 Å². The zero-order chi connectivity index (χ0) is 13.9. The van der Waals surface area contributed by atoms with Gasteiger partial charge in [-0.05, 0) is 36.4 Å². The minimum atomic E-state index is 0.326. The molecule has 96 valence electrons. The van der Waals surface area contributed by atoms with Gasteiger partial charge in [-0.1, -0.05) is 28.9 Å². The summed E-state index contributed by atoms with van der Waals surface area (Å²) in [4.78, 5) is 4.32. The van der Waals surface area contributed by atoms with Crippen molar-refractivity contribution in [3.63, 3.8) is 0 Å². The molecule has 0 saturated heterocycles. The first-order valence-electron chi connectivity index (χ1n) is 5.87. The minimum Gasteiger partial charge on any atom is -0.334 e. The van der Waals surface area contributed by atoms with Crippen LogP contribution >= 0.6 is 11.6 Å². The Morgan fingerprint density at radius 3 is 2.55 bits per heavy atom. The first-order chi connectivity index (χ1) is 9.78. The maximum atomic E-state index is 9.08. The Kier molecular flexibility index (Phi) is 3.20. The summed E-state index contributed by atoms with van der Waals surface area (Å²) < 4.78 is 5.23. The lowest BCUT2D eigenvalue weighted by molar-refractivity contribution is 0.432. The highest BCUT2D eigenvalue weighted by molar-refractivity contribution is 6.30. The van der Waals surface area contributed by atoms with Gasteiger partial charge in [-0.3, -0.25) is 0 Å². The van der Waals surface area contributed by atoms with E-state index in [1.807, 2.05) is 18.2 Å². The van der Waals surface area contributed by atoms with Gasteiger partial charge in [-0.2, -0.15) is 10.2 Å². The number of halogens is 1. The largest absolute Gasteiger partial charge is 0.334 e. The summed E-state index contributed by atoms with van der Waals surface area (Å²) in [5.74, 6) is 0.788. The Labute approximate surface area is 120 Å². The molecule has 2 aromatic carbocycles. The molecule has 3 rings (SSSR count). The van der Waals surface area contributed by atoms with Crippen molar-refractivity contribution in [2.75, 3.05) is 0 Å². The van der Waals surface area contributed by atoms with Crippen LogP contribution < -0.4 is 0 Å². The molecule has 0 unspecified atom stereocenters. The molecule has 0 N–H and O–H groups in total. The lowest BCUT2D eigenvalue weighted by Crippen LogP contribution is -1.84. The van der Waals surface area contributed by atoms with Crippen LogP contribution in [0.2, 0.25) is 5.02 Å². The lowest BCUT2D eigenvalue weighted by Gasteiger charge is -1.96. The van der Waals surface area contributed by atoms with Crippen molar-refractivity contribution < 1.29 is 4.52 Å². The van der Waals surface area contributed by atoms with E-state index in [-0.39, 0.29) is 0 Å². The summed E-state index contributed by atoms with van der Waals surface area (Å²) in [6, 6.07) is 16.3. The Morgan fingerprint density at radius 1 is 1.05 bits per heavy atom. The van der Waals surface area contributed by atoms with Crippen LogP contribution in [-0.4, -0.2) is 10.1 Å². The molecule has 0 spiro atoms. The molecule has 0 radical (unpaired) electrons. The molecule has 0 fully saturated rings. The number of rotatable bonds is 2. The molecule has 0 bridgehead atoms. The van der Waals surface area contributed by atoms with Gasteiger partial charge in [0.1, 0.15) is 0 Å². The van der Waals surface area contributed by atoms with E-state index in [9.17, 15) is 0 Å². The third-order valence-electron chi connectivity index (χ3n) is 2.81. The third kappa shape index (κ3) is 2.27. The average Bonchev–Trinajstić information content (AvgIpc) is 2.97. The van der Waals surface area contributed by atoms with Crippen molar-refractivity contribution in [1.29, 1.82) is 5.26 Å². The Bertz CT molecular complexity index is 787. The Hall–Kier alpha value is -2.64. The quantitative estimate of drug-likeness (QED) is 0.714. The first-order valence-corrected chi connectivity index (χ1v) is 6.25. The topological polar surface area (TPSA) is 62.7 Å². The predicted octanol–water partition coefficient (Wildman–Crippen LogP) is 3.93. The molecule has 0 saturated carbocycles. The van der Waals surface area contributed by atoms with E-state index in [2.05, 4.69) is 16.2 Å². The van der Waals surface area contributed by atoms with Crippen LogP contribution in [0.4, 0.5) is 0 Å². The van der Waals surface area contributed by atoms with Crippen LogP contribution in [0, 0.1) is 11.3 Å². The summed E-state index contributed by atoms with van der Waals surface area (Å²) in [5.41, 5.74) is 1.93. The van der Waals surface area contributed by atoms with Gasteiger partial charge in [0.25, 0.3) is 5.89 Å².